The van der Waals surface area contributed by atoms with E-state index >= 15 is 0 Å². The molecule has 1 fully saturated rings. The van der Waals surface area contributed by atoms with Crippen molar-refractivity contribution in [3.8, 4) is 11.3 Å². The minimum absolute atomic E-state index is 0.0739. The standard InChI is InChI=1S/C30H30N4O2/c1-21(22-9-4-2-5-10-22)31-27-19-26(23-11-6-3-7-12-23)33-29(34-27)32-25-15-13-24(14-16-25)30(17-8-18-30)20-28(35)36/h2-7,9-16,19,21H,8,17-18,20H2,1H3,(H,35,36)(H2,31,32,33,34)/t21-/m1/s1. The van der Waals surface area contributed by atoms with Crippen molar-refractivity contribution < 1.29 is 9.90 Å². The van der Waals surface area contributed by atoms with Gasteiger partial charge in [-0.1, -0.05) is 79.2 Å². The molecule has 0 saturated heterocycles. The number of benzene rings is 3. The van der Waals surface area contributed by atoms with Gasteiger partial charge in [0.15, 0.2) is 0 Å². The van der Waals surface area contributed by atoms with E-state index in [0.717, 1.165) is 47.6 Å². The third-order valence-electron chi connectivity index (χ3n) is 7.01. The van der Waals surface area contributed by atoms with Gasteiger partial charge in [0.2, 0.25) is 5.95 Å². The number of nitrogens with zero attached hydrogens (tertiary/aromatic N) is 2. The van der Waals surface area contributed by atoms with E-state index in [9.17, 15) is 9.90 Å². The Morgan fingerprint density at radius 2 is 1.61 bits per heavy atom. The van der Waals surface area contributed by atoms with Crippen molar-refractivity contribution in [2.75, 3.05) is 10.6 Å². The first-order valence-electron chi connectivity index (χ1n) is 12.4. The van der Waals surface area contributed by atoms with Crippen LogP contribution in [0.25, 0.3) is 11.3 Å². The monoisotopic (exact) mass is 478 g/mol. The van der Waals surface area contributed by atoms with Crippen LogP contribution in [0.2, 0.25) is 0 Å². The van der Waals surface area contributed by atoms with Crippen LogP contribution in [-0.2, 0) is 10.2 Å². The van der Waals surface area contributed by atoms with Crippen molar-refractivity contribution in [1.29, 1.82) is 0 Å². The van der Waals surface area contributed by atoms with E-state index in [0.29, 0.717) is 5.95 Å². The molecule has 0 aliphatic heterocycles. The molecule has 0 amide bonds. The quantitative estimate of drug-likeness (QED) is 0.241. The van der Waals surface area contributed by atoms with Gasteiger partial charge >= 0.3 is 5.97 Å². The summed E-state index contributed by atoms with van der Waals surface area (Å²) in [4.78, 5) is 20.9. The molecule has 6 nitrogen and oxygen atoms in total. The number of carboxylic acid groups (broad SMARTS) is 1. The highest BCUT2D eigenvalue weighted by atomic mass is 16.4. The lowest BCUT2D eigenvalue weighted by atomic mass is 9.62. The van der Waals surface area contributed by atoms with Crippen LogP contribution in [0.1, 0.15) is 49.8 Å². The van der Waals surface area contributed by atoms with E-state index in [1.165, 1.54) is 5.56 Å². The van der Waals surface area contributed by atoms with E-state index in [-0.39, 0.29) is 17.9 Å². The molecule has 36 heavy (non-hydrogen) atoms. The zero-order chi connectivity index (χ0) is 25.0. The number of carbonyl (C=O) groups is 1. The summed E-state index contributed by atoms with van der Waals surface area (Å²) >= 11 is 0. The number of carboxylic acids is 1. The molecular weight excluding hydrogens is 448 g/mol. The summed E-state index contributed by atoms with van der Waals surface area (Å²) in [5.74, 6) is 0.484. The van der Waals surface area contributed by atoms with Crippen LogP contribution in [0.4, 0.5) is 17.5 Å². The third kappa shape index (κ3) is 5.23. The first kappa shape index (κ1) is 23.5. The van der Waals surface area contributed by atoms with Crippen molar-refractivity contribution in [1.82, 2.24) is 9.97 Å². The minimum atomic E-state index is -0.743. The summed E-state index contributed by atoms with van der Waals surface area (Å²) in [5.41, 5.74) is 4.71. The van der Waals surface area contributed by atoms with E-state index in [4.69, 9.17) is 9.97 Å². The Morgan fingerprint density at radius 3 is 2.22 bits per heavy atom. The second-order valence-electron chi connectivity index (χ2n) is 9.51. The minimum Gasteiger partial charge on any atom is -0.481 e. The molecule has 1 heterocycles. The van der Waals surface area contributed by atoms with Crippen LogP contribution in [-0.4, -0.2) is 21.0 Å². The maximum atomic E-state index is 11.4. The Hall–Kier alpha value is -4.19. The first-order valence-corrected chi connectivity index (χ1v) is 12.4. The Labute approximate surface area is 211 Å². The number of hydrogen-bond donors (Lipinski definition) is 3. The van der Waals surface area contributed by atoms with Gasteiger partial charge in [0.25, 0.3) is 0 Å². The summed E-state index contributed by atoms with van der Waals surface area (Å²) < 4.78 is 0. The average Bonchev–Trinajstić information content (AvgIpc) is 2.87. The maximum absolute atomic E-state index is 11.4. The molecule has 0 unspecified atom stereocenters. The van der Waals surface area contributed by atoms with Crippen LogP contribution >= 0.6 is 0 Å². The van der Waals surface area contributed by atoms with Gasteiger partial charge in [-0.25, -0.2) is 4.98 Å². The molecule has 3 aromatic carbocycles. The second-order valence-corrected chi connectivity index (χ2v) is 9.51. The van der Waals surface area contributed by atoms with Gasteiger partial charge in [-0.05, 0) is 43.0 Å². The molecule has 1 aliphatic rings. The Morgan fingerprint density at radius 1 is 0.944 bits per heavy atom. The van der Waals surface area contributed by atoms with Crippen molar-refractivity contribution in [3.05, 3.63) is 102 Å². The summed E-state index contributed by atoms with van der Waals surface area (Å²) in [6.07, 6.45) is 3.09. The van der Waals surface area contributed by atoms with E-state index in [1.807, 2.05) is 78.9 Å². The molecule has 1 aromatic heterocycles. The normalized spacial score (nSPS) is 14.9. The number of aromatic nitrogens is 2. The lowest BCUT2D eigenvalue weighted by molar-refractivity contribution is -0.139. The van der Waals surface area contributed by atoms with Crippen LogP contribution in [0, 0.1) is 0 Å². The first-order chi connectivity index (χ1) is 17.5. The maximum Gasteiger partial charge on any atom is 0.304 e. The molecule has 1 saturated carbocycles. The van der Waals surface area contributed by atoms with E-state index in [1.54, 1.807) is 0 Å². The van der Waals surface area contributed by atoms with Gasteiger partial charge in [-0.2, -0.15) is 4.98 Å². The second kappa shape index (κ2) is 10.2. The highest BCUT2D eigenvalue weighted by Crippen LogP contribution is 2.46. The summed E-state index contributed by atoms with van der Waals surface area (Å²) in [7, 11) is 0. The molecular formula is C30H30N4O2. The number of hydrogen-bond acceptors (Lipinski definition) is 5. The lowest BCUT2D eigenvalue weighted by Crippen LogP contribution is -2.36. The third-order valence-corrected chi connectivity index (χ3v) is 7.01. The van der Waals surface area contributed by atoms with Gasteiger partial charge in [0.05, 0.1) is 12.1 Å². The van der Waals surface area contributed by atoms with Crippen molar-refractivity contribution in [2.24, 2.45) is 0 Å². The van der Waals surface area contributed by atoms with E-state index < -0.39 is 5.97 Å². The van der Waals surface area contributed by atoms with Gasteiger partial charge in [0, 0.05) is 28.8 Å². The lowest BCUT2D eigenvalue weighted by Gasteiger charge is -2.41. The molecule has 182 valence electrons. The van der Waals surface area contributed by atoms with Crippen LogP contribution in [0.15, 0.2) is 91.0 Å². The number of anilines is 3. The van der Waals surface area contributed by atoms with Gasteiger partial charge in [0.1, 0.15) is 5.82 Å². The van der Waals surface area contributed by atoms with Gasteiger partial charge < -0.3 is 15.7 Å². The fraction of sp³-hybridized carbons (Fsp3) is 0.233. The van der Waals surface area contributed by atoms with Gasteiger partial charge in [-0.15, -0.1) is 0 Å². The smallest absolute Gasteiger partial charge is 0.304 e. The zero-order valence-electron chi connectivity index (χ0n) is 20.3. The Balaban J connectivity index is 1.41. The zero-order valence-corrected chi connectivity index (χ0v) is 20.3. The summed E-state index contributed by atoms with van der Waals surface area (Å²) in [5, 5.41) is 16.2. The average molecular weight is 479 g/mol. The molecule has 6 heteroatoms. The molecule has 5 rings (SSSR count). The molecule has 3 N–H and O–H groups in total. The molecule has 1 aliphatic carbocycles. The van der Waals surface area contributed by atoms with Crippen molar-refractivity contribution in [3.63, 3.8) is 0 Å². The predicted octanol–water partition coefficient (Wildman–Crippen LogP) is 6.96. The van der Waals surface area contributed by atoms with Crippen LogP contribution in [0.5, 0.6) is 0 Å². The highest BCUT2D eigenvalue weighted by molar-refractivity contribution is 5.70. The van der Waals surface area contributed by atoms with Crippen LogP contribution < -0.4 is 10.6 Å². The fourth-order valence-electron chi connectivity index (χ4n) is 4.88. The largest absolute Gasteiger partial charge is 0.481 e. The van der Waals surface area contributed by atoms with Crippen molar-refractivity contribution >= 4 is 23.4 Å². The highest BCUT2D eigenvalue weighted by Gasteiger charge is 2.40. The molecule has 0 radical (unpaired) electrons. The van der Waals surface area contributed by atoms with Crippen LogP contribution in [0.3, 0.4) is 0 Å². The number of aliphatic carboxylic acids is 1. The fourth-order valence-corrected chi connectivity index (χ4v) is 4.88. The van der Waals surface area contributed by atoms with E-state index in [2.05, 4.69) is 29.7 Å². The molecule has 0 spiro atoms. The Kier molecular flexibility index (Phi) is 6.67. The summed E-state index contributed by atoms with van der Waals surface area (Å²) in [6.45, 7) is 2.11. The van der Waals surface area contributed by atoms with Gasteiger partial charge in [-0.3, -0.25) is 4.79 Å². The molecule has 0 bridgehead atoms. The molecule has 1 atom stereocenters. The van der Waals surface area contributed by atoms with Crippen molar-refractivity contribution in [2.45, 2.75) is 44.1 Å². The SMILES string of the molecule is C[C@@H](Nc1cc(-c2ccccc2)nc(Nc2ccc(C3(CC(=O)O)CCC3)cc2)n1)c1ccccc1. The summed E-state index contributed by atoms with van der Waals surface area (Å²) in [6, 6.07) is 30.4. The number of nitrogens with one attached hydrogen (secondary N) is 2. The molecule has 4 aromatic rings. The Bertz CT molecular complexity index is 1320. The number of rotatable bonds is 9. The predicted molar refractivity (Wildman–Crippen MR) is 143 cm³/mol. The topological polar surface area (TPSA) is 87.1 Å².